The molecular formula is C17H23Br2N3O2. The molecule has 1 aromatic carbocycles. The second-order valence-corrected chi connectivity index (χ2v) is 9.32. The van der Waals surface area contributed by atoms with Crippen LogP contribution in [0.15, 0.2) is 27.1 Å². The first kappa shape index (κ1) is 19.4. The third kappa shape index (κ3) is 5.29. The summed E-state index contributed by atoms with van der Waals surface area (Å²) >= 11 is 6.72. The van der Waals surface area contributed by atoms with E-state index in [0.717, 1.165) is 17.3 Å². The van der Waals surface area contributed by atoms with Crippen molar-refractivity contribution in [3.8, 4) is 0 Å². The quantitative estimate of drug-likeness (QED) is 0.590. The molecule has 7 heteroatoms. The van der Waals surface area contributed by atoms with Crippen LogP contribution in [0.4, 0.5) is 5.69 Å². The summed E-state index contributed by atoms with van der Waals surface area (Å²) in [7, 11) is 0. The number of carbonyl (C=O) groups is 2. The maximum atomic E-state index is 12.2. The SMILES string of the molecule is CC1(C)CC(NC(=O)C(=O)Nc2ccc(Br)cc2Br)CC(C)(C)N1. The highest BCUT2D eigenvalue weighted by Crippen LogP contribution is 2.29. The Morgan fingerprint density at radius 2 is 1.67 bits per heavy atom. The zero-order chi connectivity index (χ0) is 18.1. The third-order valence-electron chi connectivity index (χ3n) is 3.91. The second kappa shape index (κ2) is 7.14. The van der Waals surface area contributed by atoms with E-state index < -0.39 is 11.8 Å². The number of carbonyl (C=O) groups excluding carboxylic acids is 2. The van der Waals surface area contributed by atoms with Crippen LogP contribution in [0.2, 0.25) is 0 Å². The molecule has 0 aromatic heterocycles. The van der Waals surface area contributed by atoms with Gasteiger partial charge in [0.2, 0.25) is 0 Å². The van der Waals surface area contributed by atoms with Gasteiger partial charge in [0.1, 0.15) is 0 Å². The van der Waals surface area contributed by atoms with Crippen molar-refractivity contribution in [3.63, 3.8) is 0 Å². The predicted octanol–water partition coefficient (Wildman–Crippen LogP) is 3.58. The number of anilines is 1. The fourth-order valence-electron chi connectivity index (χ4n) is 3.45. The zero-order valence-corrected chi connectivity index (χ0v) is 17.5. The first-order valence-corrected chi connectivity index (χ1v) is 9.42. The molecule has 0 radical (unpaired) electrons. The first-order chi connectivity index (χ1) is 11.0. The zero-order valence-electron chi connectivity index (χ0n) is 14.3. The molecule has 0 saturated carbocycles. The van der Waals surface area contributed by atoms with Crippen LogP contribution < -0.4 is 16.0 Å². The summed E-state index contributed by atoms with van der Waals surface area (Å²) in [5, 5.41) is 9.05. The van der Waals surface area contributed by atoms with E-state index in [1.165, 1.54) is 0 Å². The number of hydrogen-bond acceptors (Lipinski definition) is 3. The molecule has 0 atom stereocenters. The van der Waals surface area contributed by atoms with Gasteiger partial charge in [0, 0.05) is 26.1 Å². The van der Waals surface area contributed by atoms with Gasteiger partial charge in [0.15, 0.2) is 0 Å². The van der Waals surface area contributed by atoms with Gasteiger partial charge < -0.3 is 16.0 Å². The molecular weight excluding hydrogens is 438 g/mol. The first-order valence-electron chi connectivity index (χ1n) is 7.84. The molecule has 0 bridgehead atoms. The summed E-state index contributed by atoms with van der Waals surface area (Å²) in [5.74, 6) is -1.27. The molecule has 1 heterocycles. The molecule has 24 heavy (non-hydrogen) atoms. The predicted molar refractivity (Wildman–Crippen MR) is 103 cm³/mol. The molecule has 0 unspecified atom stereocenters. The van der Waals surface area contributed by atoms with Crippen molar-refractivity contribution in [2.45, 2.75) is 57.7 Å². The molecule has 1 aliphatic rings. The smallest absolute Gasteiger partial charge is 0.313 e. The van der Waals surface area contributed by atoms with Gasteiger partial charge in [-0.25, -0.2) is 0 Å². The van der Waals surface area contributed by atoms with Crippen LogP contribution in [-0.4, -0.2) is 28.9 Å². The lowest BCUT2D eigenvalue weighted by molar-refractivity contribution is -0.137. The summed E-state index contributed by atoms with van der Waals surface area (Å²) in [6.07, 6.45) is 1.55. The second-order valence-electron chi connectivity index (χ2n) is 7.55. The highest BCUT2D eigenvalue weighted by molar-refractivity contribution is 9.11. The largest absolute Gasteiger partial charge is 0.345 e. The van der Waals surface area contributed by atoms with Crippen molar-refractivity contribution >= 4 is 49.4 Å². The number of rotatable bonds is 2. The average Bonchev–Trinajstić information content (AvgIpc) is 2.38. The monoisotopic (exact) mass is 459 g/mol. The Hall–Kier alpha value is -0.920. The lowest BCUT2D eigenvalue weighted by Gasteiger charge is -2.46. The Kier molecular flexibility index (Phi) is 5.77. The number of amides is 2. The van der Waals surface area contributed by atoms with E-state index in [1.807, 2.05) is 6.07 Å². The summed E-state index contributed by atoms with van der Waals surface area (Å²) < 4.78 is 1.60. The van der Waals surface area contributed by atoms with Crippen molar-refractivity contribution in [3.05, 3.63) is 27.1 Å². The fourth-order valence-corrected chi connectivity index (χ4v) is 4.59. The number of nitrogens with one attached hydrogen (secondary N) is 3. The maximum Gasteiger partial charge on any atom is 0.313 e. The molecule has 1 fully saturated rings. The highest BCUT2D eigenvalue weighted by atomic mass is 79.9. The van der Waals surface area contributed by atoms with Crippen LogP contribution in [0, 0.1) is 0 Å². The molecule has 1 aliphatic heterocycles. The van der Waals surface area contributed by atoms with Gasteiger partial charge in [-0.3, -0.25) is 9.59 Å². The summed E-state index contributed by atoms with van der Waals surface area (Å²) in [4.78, 5) is 24.4. The van der Waals surface area contributed by atoms with E-state index in [1.54, 1.807) is 12.1 Å². The van der Waals surface area contributed by atoms with Crippen molar-refractivity contribution in [1.82, 2.24) is 10.6 Å². The van der Waals surface area contributed by atoms with E-state index in [4.69, 9.17) is 0 Å². The minimum atomic E-state index is -0.660. The standard InChI is InChI=1S/C17H23Br2N3O2/c1-16(2)8-11(9-17(3,4)22-16)20-14(23)15(24)21-13-6-5-10(18)7-12(13)19/h5-7,11,22H,8-9H2,1-4H3,(H,20,23)(H,21,24). The van der Waals surface area contributed by atoms with Gasteiger partial charge in [0.05, 0.1) is 5.69 Å². The Bertz CT molecular complexity index is 643. The van der Waals surface area contributed by atoms with Crippen molar-refractivity contribution < 1.29 is 9.59 Å². The molecule has 1 saturated heterocycles. The van der Waals surface area contributed by atoms with E-state index in [0.29, 0.717) is 10.2 Å². The maximum absolute atomic E-state index is 12.2. The van der Waals surface area contributed by atoms with Crippen molar-refractivity contribution in [2.24, 2.45) is 0 Å². The molecule has 2 rings (SSSR count). The molecule has 132 valence electrons. The Balaban J connectivity index is 2.00. The number of hydrogen-bond donors (Lipinski definition) is 3. The minimum absolute atomic E-state index is 0.0390. The van der Waals surface area contributed by atoms with Gasteiger partial charge >= 0.3 is 11.8 Å². The van der Waals surface area contributed by atoms with E-state index in [-0.39, 0.29) is 17.1 Å². The van der Waals surface area contributed by atoms with Crippen molar-refractivity contribution in [1.29, 1.82) is 0 Å². The summed E-state index contributed by atoms with van der Waals surface area (Å²) in [5.41, 5.74) is 0.375. The third-order valence-corrected chi connectivity index (χ3v) is 5.06. The van der Waals surface area contributed by atoms with E-state index in [9.17, 15) is 9.59 Å². The molecule has 0 spiro atoms. The van der Waals surface area contributed by atoms with Gasteiger partial charge in [0.25, 0.3) is 0 Å². The van der Waals surface area contributed by atoms with Gasteiger partial charge in [-0.2, -0.15) is 0 Å². The average molecular weight is 461 g/mol. The van der Waals surface area contributed by atoms with Gasteiger partial charge in [-0.15, -0.1) is 0 Å². The number of benzene rings is 1. The van der Waals surface area contributed by atoms with Crippen LogP contribution in [0.3, 0.4) is 0 Å². The summed E-state index contributed by atoms with van der Waals surface area (Å²) in [6, 6.07) is 5.31. The molecule has 1 aromatic rings. The van der Waals surface area contributed by atoms with E-state index >= 15 is 0 Å². The topological polar surface area (TPSA) is 70.2 Å². The van der Waals surface area contributed by atoms with E-state index in [2.05, 4.69) is 75.5 Å². The van der Waals surface area contributed by atoms with Gasteiger partial charge in [-0.05, 0) is 74.7 Å². The molecule has 3 N–H and O–H groups in total. The van der Waals surface area contributed by atoms with Crippen LogP contribution in [0.5, 0.6) is 0 Å². The lowest BCUT2D eigenvalue weighted by Crippen LogP contribution is -2.62. The van der Waals surface area contributed by atoms with Crippen LogP contribution in [0.25, 0.3) is 0 Å². The fraction of sp³-hybridized carbons (Fsp3) is 0.529. The Labute approximate surface area is 159 Å². The van der Waals surface area contributed by atoms with Crippen LogP contribution in [0.1, 0.15) is 40.5 Å². The summed E-state index contributed by atoms with van der Waals surface area (Å²) in [6.45, 7) is 8.41. The van der Waals surface area contributed by atoms with Gasteiger partial charge in [-0.1, -0.05) is 15.9 Å². The Morgan fingerprint density at radius 3 is 2.21 bits per heavy atom. The lowest BCUT2D eigenvalue weighted by atomic mass is 9.79. The Morgan fingerprint density at radius 1 is 1.08 bits per heavy atom. The normalized spacial score (nSPS) is 19.6. The minimum Gasteiger partial charge on any atom is -0.345 e. The molecule has 5 nitrogen and oxygen atoms in total. The van der Waals surface area contributed by atoms with Crippen molar-refractivity contribution in [2.75, 3.05) is 5.32 Å². The molecule has 2 amide bonds. The van der Waals surface area contributed by atoms with Crippen LogP contribution >= 0.6 is 31.9 Å². The van der Waals surface area contributed by atoms with Crippen LogP contribution in [-0.2, 0) is 9.59 Å². The number of piperidine rings is 1. The number of halogens is 2. The molecule has 0 aliphatic carbocycles. The highest BCUT2D eigenvalue weighted by Gasteiger charge is 2.38.